The molecule has 2 aromatic rings. The first-order valence-electron chi connectivity index (χ1n) is 10.1. The molecule has 6 nitrogen and oxygen atoms in total. The molecule has 0 aromatic heterocycles. The average Bonchev–Trinajstić information content (AvgIpc) is 3.23. The van der Waals surface area contributed by atoms with E-state index >= 15 is 0 Å². The van der Waals surface area contributed by atoms with E-state index in [1.54, 1.807) is 41.3 Å². The minimum absolute atomic E-state index is 0.200. The van der Waals surface area contributed by atoms with Crippen LogP contribution in [0, 0.1) is 5.92 Å². The molecule has 29 heavy (non-hydrogen) atoms. The number of aryl methyl sites for hydroxylation is 1. The largest absolute Gasteiger partial charge is 0.325 e. The van der Waals surface area contributed by atoms with Crippen LogP contribution in [0.2, 0.25) is 0 Å². The van der Waals surface area contributed by atoms with E-state index in [1.165, 1.54) is 0 Å². The van der Waals surface area contributed by atoms with Gasteiger partial charge < -0.3 is 10.2 Å². The topological polar surface area (TPSA) is 78.5 Å². The van der Waals surface area contributed by atoms with Crippen molar-refractivity contribution in [1.82, 2.24) is 4.90 Å². The lowest BCUT2D eigenvalue weighted by atomic mass is 10.0. The van der Waals surface area contributed by atoms with E-state index in [0.717, 1.165) is 44.3 Å². The van der Waals surface area contributed by atoms with Crippen LogP contribution in [-0.2, 0) is 16.4 Å². The predicted octanol–water partition coefficient (Wildman–Crippen LogP) is 4.70. The van der Waals surface area contributed by atoms with E-state index in [1.807, 2.05) is 12.1 Å². The highest BCUT2D eigenvalue weighted by molar-refractivity contribution is 7.92. The molecule has 3 rings (SSSR count). The minimum atomic E-state index is -3.75. The molecule has 1 aliphatic rings. The highest BCUT2D eigenvalue weighted by atomic mass is 32.2. The highest BCUT2D eigenvalue weighted by Gasteiger charge is 2.20. The fourth-order valence-electron chi connectivity index (χ4n) is 3.29. The zero-order chi connectivity index (χ0) is 20.9. The molecule has 1 heterocycles. The quantitative estimate of drug-likeness (QED) is 0.688. The molecule has 2 aromatic carbocycles. The summed E-state index contributed by atoms with van der Waals surface area (Å²) in [4.78, 5) is 14.3. The van der Waals surface area contributed by atoms with Gasteiger partial charge >= 0.3 is 6.03 Å². The summed E-state index contributed by atoms with van der Waals surface area (Å²) in [5, 5.41) is 2.82. The maximum atomic E-state index is 12.8. The van der Waals surface area contributed by atoms with Crippen LogP contribution in [0.1, 0.15) is 38.7 Å². The molecular formula is C22H29N3O3S. The first-order chi connectivity index (χ1) is 13.8. The molecule has 0 unspecified atom stereocenters. The molecule has 0 saturated carbocycles. The Balaban J connectivity index is 1.72. The number of hydrogen-bond donors (Lipinski definition) is 2. The second-order valence-electron chi connectivity index (χ2n) is 7.85. The van der Waals surface area contributed by atoms with Gasteiger partial charge in [-0.1, -0.05) is 38.1 Å². The third kappa shape index (κ3) is 5.73. The van der Waals surface area contributed by atoms with Crippen LogP contribution in [0.15, 0.2) is 53.4 Å². The van der Waals surface area contributed by atoms with Crippen LogP contribution in [0.3, 0.4) is 0 Å². The monoisotopic (exact) mass is 415 g/mol. The van der Waals surface area contributed by atoms with Crippen molar-refractivity contribution in [2.24, 2.45) is 5.92 Å². The van der Waals surface area contributed by atoms with E-state index in [4.69, 9.17) is 0 Å². The van der Waals surface area contributed by atoms with Crippen molar-refractivity contribution in [2.45, 2.75) is 44.4 Å². The lowest BCUT2D eigenvalue weighted by Crippen LogP contribution is -2.32. The highest BCUT2D eigenvalue weighted by Crippen LogP contribution is 2.25. The standard InChI is InChI=1S/C22H29N3O3S/c1-17(2)9-10-18-11-13-19(14-12-18)29(27,28)24-21-8-4-3-7-20(21)23-22(26)25-15-5-6-16-25/h3-4,7-8,11-14,17,24H,5-6,9-10,15-16H2,1-2H3,(H,23,26). The Morgan fingerprint density at radius 1 is 1.00 bits per heavy atom. The van der Waals surface area contributed by atoms with E-state index in [2.05, 4.69) is 23.9 Å². The molecule has 7 heteroatoms. The second kappa shape index (κ2) is 9.31. The van der Waals surface area contributed by atoms with Gasteiger partial charge in [0, 0.05) is 13.1 Å². The van der Waals surface area contributed by atoms with Crippen LogP contribution in [-0.4, -0.2) is 32.4 Å². The zero-order valence-electron chi connectivity index (χ0n) is 17.0. The molecule has 2 amide bonds. The Bertz CT molecular complexity index is 934. The number of nitrogens with one attached hydrogen (secondary N) is 2. The normalized spacial score (nSPS) is 14.2. The van der Waals surface area contributed by atoms with Gasteiger partial charge in [0.25, 0.3) is 10.0 Å². The third-order valence-corrected chi connectivity index (χ3v) is 6.43. The number of sulfonamides is 1. The number of nitrogens with zero attached hydrogens (tertiary/aromatic N) is 1. The SMILES string of the molecule is CC(C)CCc1ccc(S(=O)(=O)Nc2ccccc2NC(=O)N2CCCC2)cc1. The van der Waals surface area contributed by atoms with Gasteiger partial charge in [0.1, 0.15) is 0 Å². The Morgan fingerprint density at radius 3 is 2.24 bits per heavy atom. The van der Waals surface area contributed by atoms with Crippen molar-refractivity contribution in [3.63, 3.8) is 0 Å². The first kappa shape index (κ1) is 21.2. The molecule has 0 radical (unpaired) electrons. The number of urea groups is 1. The Labute approximate surface area is 173 Å². The van der Waals surface area contributed by atoms with Gasteiger partial charge in [0.2, 0.25) is 0 Å². The average molecular weight is 416 g/mol. The summed E-state index contributed by atoms with van der Waals surface area (Å²) in [6.45, 7) is 5.79. The Hall–Kier alpha value is -2.54. The third-order valence-electron chi connectivity index (χ3n) is 5.05. The zero-order valence-corrected chi connectivity index (χ0v) is 17.8. The molecule has 156 valence electrons. The number of benzene rings is 2. The van der Waals surface area contributed by atoms with Crippen LogP contribution in [0.4, 0.5) is 16.2 Å². The van der Waals surface area contributed by atoms with Gasteiger partial charge in [-0.15, -0.1) is 0 Å². The predicted molar refractivity (Wildman–Crippen MR) is 117 cm³/mol. The van der Waals surface area contributed by atoms with Crippen molar-refractivity contribution < 1.29 is 13.2 Å². The van der Waals surface area contributed by atoms with Gasteiger partial charge in [-0.25, -0.2) is 13.2 Å². The van der Waals surface area contributed by atoms with Crippen molar-refractivity contribution in [1.29, 1.82) is 0 Å². The van der Waals surface area contributed by atoms with Gasteiger partial charge in [-0.05, 0) is 61.4 Å². The first-order valence-corrected chi connectivity index (χ1v) is 11.6. The van der Waals surface area contributed by atoms with Crippen molar-refractivity contribution in [3.05, 3.63) is 54.1 Å². The maximum Gasteiger partial charge on any atom is 0.321 e. The van der Waals surface area contributed by atoms with Crippen LogP contribution in [0.25, 0.3) is 0 Å². The van der Waals surface area contributed by atoms with Crippen molar-refractivity contribution in [2.75, 3.05) is 23.1 Å². The molecule has 0 aliphatic carbocycles. The second-order valence-corrected chi connectivity index (χ2v) is 9.53. The summed E-state index contributed by atoms with van der Waals surface area (Å²) in [6.07, 6.45) is 3.98. The molecule has 1 saturated heterocycles. The number of amides is 2. The van der Waals surface area contributed by atoms with E-state index in [0.29, 0.717) is 17.3 Å². The maximum absolute atomic E-state index is 12.8. The molecular weight excluding hydrogens is 386 g/mol. The summed E-state index contributed by atoms with van der Waals surface area (Å²) in [7, 11) is -3.75. The van der Waals surface area contributed by atoms with Crippen molar-refractivity contribution in [3.8, 4) is 0 Å². The number of likely N-dealkylation sites (tertiary alicyclic amines) is 1. The summed E-state index contributed by atoms with van der Waals surface area (Å²) in [6, 6.07) is 13.6. The molecule has 0 atom stereocenters. The van der Waals surface area contributed by atoms with E-state index in [9.17, 15) is 13.2 Å². The smallest absolute Gasteiger partial charge is 0.321 e. The fourth-order valence-corrected chi connectivity index (χ4v) is 4.37. The van der Waals surface area contributed by atoms with Crippen molar-refractivity contribution >= 4 is 27.4 Å². The summed E-state index contributed by atoms with van der Waals surface area (Å²) in [5.41, 5.74) is 1.92. The summed E-state index contributed by atoms with van der Waals surface area (Å²) >= 11 is 0. The number of para-hydroxylation sites is 2. The molecule has 2 N–H and O–H groups in total. The summed E-state index contributed by atoms with van der Waals surface area (Å²) in [5.74, 6) is 0.604. The number of rotatable bonds is 7. The van der Waals surface area contributed by atoms with Gasteiger partial charge in [-0.2, -0.15) is 0 Å². The van der Waals surface area contributed by atoms with Gasteiger partial charge in [-0.3, -0.25) is 4.72 Å². The van der Waals surface area contributed by atoms with Crippen LogP contribution < -0.4 is 10.0 Å². The number of anilines is 2. The van der Waals surface area contributed by atoms with Crippen LogP contribution >= 0.6 is 0 Å². The summed E-state index contributed by atoms with van der Waals surface area (Å²) < 4.78 is 28.3. The van der Waals surface area contributed by atoms with Crippen LogP contribution in [0.5, 0.6) is 0 Å². The molecule has 0 bridgehead atoms. The lowest BCUT2D eigenvalue weighted by Gasteiger charge is -2.18. The minimum Gasteiger partial charge on any atom is -0.325 e. The molecule has 1 aliphatic heterocycles. The van der Waals surface area contributed by atoms with Gasteiger partial charge in [0.05, 0.1) is 16.3 Å². The Morgan fingerprint density at radius 2 is 1.62 bits per heavy atom. The van der Waals surface area contributed by atoms with E-state index < -0.39 is 10.0 Å². The van der Waals surface area contributed by atoms with Gasteiger partial charge in [0.15, 0.2) is 0 Å². The number of carbonyl (C=O) groups excluding carboxylic acids is 1. The fraction of sp³-hybridized carbons (Fsp3) is 0.409. The molecule has 0 spiro atoms. The lowest BCUT2D eigenvalue weighted by molar-refractivity contribution is 0.222. The Kier molecular flexibility index (Phi) is 6.79. The molecule has 1 fully saturated rings. The van der Waals surface area contributed by atoms with E-state index in [-0.39, 0.29) is 10.9 Å². The number of hydrogen-bond acceptors (Lipinski definition) is 3. The number of carbonyl (C=O) groups is 1.